The zero-order valence-corrected chi connectivity index (χ0v) is 22.1. The van der Waals surface area contributed by atoms with Gasteiger partial charge in [0.05, 0.1) is 6.10 Å². The molecule has 7 nitrogen and oxygen atoms in total. The molecule has 1 heterocycles. The molecule has 0 aliphatic rings. The Morgan fingerprint density at radius 2 is 1.85 bits per heavy atom. The smallest absolute Gasteiger partial charge is 0.550 e. The van der Waals surface area contributed by atoms with Crippen LogP contribution in [0.2, 0.25) is 5.02 Å². The molecule has 1 amide bonds. The molecule has 0 saturated heterocycles. The molecule has 0 bridgehead atoms. The molecule has 9 heteroatoms. The zero-order valence-electron chi connectivity index (χ0n) is 19.3. The van der Waals surface area contributed by atoms with Gasteiger partial charge in [-0.1, -0.05) is 35.9 Å². The van der Waals surface area contributed by atoms with E-state index < -0.39 is 12.1 Å². The maximum absolute atomic E-state index is 11.7. The normalized spacial score (nSPS) is 11.3. The molecule has 1 atom stereocenters. The quantitative estimate of drug-likeness (QED) is 0.417. The summed E-state index contributed by atoms with van der Waals surface area (Å²) in [5, 5.41) is 14.1. The first-order valence-electron chi connectivity index (χ1n) is 10.4. The summed E-state index contributed by atoms with van der Waals surface area (Å²) in [5.74, 6) is -0.783. The standard InChI is InChI=1S/C25H25ClN2O5.Na/c1-3-32-23(13-24(29)30)17-5-8-19(9-6-17)33-15-16-4-10-21(26)20(12-16)18-7-11-22(28-14-18)25(31)27-2;/h4-12,14,23H,3,13,15H2,1-2H3,(H,27,31)(H,29,30);/q;+1/p-1/t23-;/m0./s1. The number of aromatic nitrogens is 1. The maximum Gasteiger partial charge on any atom is 1.00 e. The SMILES string of the molecule is CCO[C@@H](CC(=O)[O-])c1ccc(OCc2ccc(Cl)c(-c3ccc(C(=O)NC)nc3)c2)cc1.[Na+]. The van der Waals surface area contributed by atoms with Gasteiger partial charge in [0.2, 0.25) is 0 Å². The van der Waals surface area contributed by atoms with Crippen LogP contribution in [-0.4, -0.2) is 30.5 Å². The molecule has 3 rings (SSSR count). The minimum atomic E-state index is -1.16. The summed E-state index contributed by atoms with van der Waals surface area (Å²) >= 11 is 6.38. The van der Waals surface area contributed by atoms with Gasteiger partial charge >= 0.3 is 29.6 Å². The third kappa shape index (κ3) is 7.55. The summed E-state index contributed by atoms with van der Waals surface area (Å²) in [6.07, 6.45) is 0.841. The number of carbonyl (C=O) groups excluding carboxylic acids is 2. The van der Waals surface area contributed by atoms with Crippen molar-refractivity contribution in [1.29, 1.82) is 0 Å². The minimum absolute atomic E-state index is 0. The predicted molar refractivity (Wildman–Crippen MR) is 123 cm³/mol. The summed E-state index contributed by atoms with van der Waals surface area (Å²) < 4.78 is 11.4. The van der Waals surface area contributed by atoms with Crippen molar-refractivity contribution in [3.8, 4) is 16.9 Å². The number of hydrogen-bond donors (Lipinski definition) is 1. The summed E-state index contributed by atoms with van der Waals surface area (Å²) in [4.78, 5) is 26.8. The van der Waals surface area contributed by atoms with E-state index in [0.29, 0.717) is 29.7 Å². The second kappa shape index (κ2) is 13.5. The van der Waals surface area contributed by atoms with Crippen LogP contribution in [-0.2, 0) is 16.1 Å². The van der Waals surface area contributed by atoms with Crippen LogP contribution in [0.4, 0.5) is 0 Å². The Hall–Kier alpha value is -2.42. The van der Waals surface area contributed by atoms with Crippen LogP contribution >= 0.6 is 11.6 Å². The molecule has 1 N–H and O–H groups in total. The average molecular weight is 491 g/mol. The predicted octanol–water partition coefficient (Wildman–Crippen LogP) is 0.562. The van der Waals surface area contributed by atoms with Crippen molar-refractivity contribution in [1.82, 2.24) is 10.3 Å². The molecule has 0 radical (unpaired) electrons. The van der Waals surface area contributed by atoms with Gasteiger partial charge in [-0.2, -0.15) is 0 Å². The van der Waals surface area contributed by atoms with Crippen LogP contribution < -0.4 is 44.7 Å². The number of hydrogen-bond acceptors (Lipinski definition) is 6. The molecule has 0 aliphatic heterocycles. The molecule has 3 aromatic rings. The molecule has 172 valence electrons. The van der Waals surface area contributed by atoms with Crippen molar-refractivity contribution in [3.05, 3.63) is 82.6 Å². The monoisotopic (exact) mass is 490 g/mol. The van der Waals surface area contributed by atoms with E-state index in [2.05, 4.69) is 10.3 Å². The Bertz CT molecular complexity index is 1110. The maximum atomic E-state index is 11.7. The Morgan fingerprint density at radius 1 is 1.12 bits per heavy atom. The van der Waals surface area contributed by atoms with Gasteiger partial charge in [-0.25, -0.2) is 0 Å². The molecule has 2 aromatic carbocycles. The Balaban J connectivity index is 0.00000408. The number of nitrogens with one attached hydrogen (secondary N) is 1. The van der Waals surface area contributed by atoms with Crippen molar-refractivity contribution >= 4 is 23.5 Å². The second-order valence-electron chi connectivity index (χ2n) is 7.20. The van der Waals surface area contributed by atoms with Crippen LogP contribution in [0.1, 0.15) is 41.1 Å². The zero-order chi connectivity index (χ0) is 23.8. The molecule has 0 spiro atoms. The second-order valence-corrected chi connectivity index (χ2v) is 7.61. The van der Waals surface area contributed by atoms with Crippen molar-refractivity contribution in [2.45, 2.75) is 26.1 Å². The number of benzene rings is 2. The number of pyridine rings is 1. The third-order valence-electron chi connectivity index (χ3n) is 4.94. The minimum Gasteiger partial charge on any atom is -0.550 e. The van der Waals surface area contributed by atoms with Gasteiger partial charge in [-0.3, -0.25) is 9.78 Å². The van der Waals surface area contributed by atoms with Crippen LogP contribution in [0.3, 0.4) is 0 Å². The fraction of sp³-hybridized carbons (Fsp3) is 0.240. The summed E-state index contributed by atoms with van der Waals surface area (Å²) in [6, 6.07) is 16.1. The molecule has 0 fully saturated rings. The number of halogens is 1. The largest absolute Gasteiger partial charge is 1.00 e. The fourth-order valence-electron chi connectivity index (χ4n) is 3.27. The summed E-state index contributed by atoms with van der Waals surface area (Å²) in [6.45, 7) is 2.52. The molecule has 0 saturated carbocycles. The van der Waals surface area contributed by atoms with Crippen LogP contribution in [0.25, 0.3) is 11.1 Å². The first-order chi connectivity index (χ1) is 15.9. The van der Waals surface area contributed by atoms with E-state index in [0.717, 1.165) is 22.3 Å². The topological polar surface area (TPSA) is 101 Å². The molecule has 0 unspecified atom stereocenters. The summed E-state index contributed by atoms with van der Waals surface area (Å²) in [5.41, 5.74) is 3.54. The number of rotatable bonds is 10. The van der Waals surface area contributed by atoms with Gasteiger partial charge in [-0.15, -0.1) is 0 Å². The van der Waals surface area contributed by atoms with Crippen molar-refractivity contribution in [2.24, 2.45) is 0 Å². The van der Waals surface area contributed by atoms with Gasteiger partial charge in [0.1, 0.15) is 18.1 Å². The number of nitrogens with zero attached hydrogens (tertiary/aromatic N) is 1. The molecule has 0 aliphatic carbocycles. The Kier molecular flexibility index (Phi) is 11.0. The number of ether oxygens (including phenoxy) is 2. The van der Waals surface area contributed by atoms with E-state index in [1.807, 2.05) is 19.1 Å². The van der Waals surface area contributed by atoms with E-state index in [-0.39, 0.29) is 41.9 Å². The molecular weight excluding hydrogens is 467 g/mol. The van der Waals surface area contributed by atoms with E-state index >= 15 is 0 Å². The van der Waals surface area contributed by atoms with Gasteiger partial charge in [0.15, 0.2) is 0 Å². The number of aliphatic carboxylic acids is 1. The Labute approximate surface area is 225 Å². The van der Waals surface area contributed by atoms with Crippen LogP contribution in [0.15, 0.2) is 60.8 Å². The Morgan fingerprint density at radius 3 is 2.44 bits per heavy atom. The van der Waals surface area contributed by atoms with Gasteiger partial charge in [0, 0.05) is 48.4 Å². The van der Waals surface area contributed by atoms with Crippen molar-refractivity contribution in [2.75, 3.05) is 13.7 Å². The third-order valence-corrected chi connectivity index (χ3v) is 5.27. The van der Waals surface area contributed by atoms with E-state index in [1.54, 1.807) is 55.7 Å². The van der Waals surface area contributed by atoms with Gasteiger partial charge < -0.3 is 24.7 Å². The first-order valence-corrected chi connectivity index (χ1v) is 10.8. The summed E-state index contributed by atoms with van der Waals surface area (Å²) in [7, 11) is 1.55. The molecule has 1 aromatic heterocycles. The number of amides is 1. The van der Waals surface area contributed by atoms with Crippen LogP contribution in [0.5, 0.6) is 5.75 Å². The van der Waals surface area contributed by atoms with Gasteiger partial charge in [-0.05, 0) is 48.4 Å². The number of carboxylic acid groups (broad SMARTS) is 1. The van der Waals surface area contributed by atoms with Crippen molar-refractivity contribution in [3.63, 3.8) is 0 Å². The van der Waals surface area contributed by atoms with E-state index in [9.17, 15) is 14.7 Å². The fourth-order valence-corrected chi connectivity index (χ4v) is 3.50. The molecular formula is C25H24ClN2NaO5. The van der Waals surface area contributed by atoms with Crippen LogP contribution in [0, 0.1) is 0 Å². The first kappa shape index (κ1) is 27.8. The van der Waals surface area contributed by atoms with E-state index in [1.165, 1.54) is 0 Å². The number of carbonyl (C=O) groups is 2. The average Bonchev–Trinajstić information content (AvgIpc) is 2.83. The van der Waals surface area contributed by atoms with Gasteiger partial charge in [0.25, 0.3) is 5.91 Å². The van der Waals surface area contributed by atoms with E-state index in [4.69, 9.17) is 21.1 Å². The number of carboxylic acids is 1. The van der Waals surface area contributed by atoms with Crippen molar-refractivity contribution < 1.29 is 53.7 Å². The molecule has 34 heavy (non-hydrogen) atoms.